The summed E-state index contributed by atoms with van der Waals surface area (Å²) in [6, 6.07) is 0. The normalized spacial score (nSPS) is 18.1. The molecule has 1 fully saturated rings. The van der Waals surface area contributed by atoms with E-state index < -0.39 is 0 Å². The maximum absolute atomic E-state index is 3.92. The number of aromatic nitrogens is 2. The highest BCUT2D eigenvalue weighted by molar-refractivity contribution is 4.71. The summed E-state index contributed by atoms with van der Waals surface area (Å²) in [7, 11) is 0. The van der Waals surface area contributed by atoms with Gasteiger partial charge in [0.15, 0.2) is 0 Å². The van der Waals surface area contributed by atoms with E-state index in [1.54, 1.807) is 0 Å². The monoisotopic (exact) mass is 206 g/mol. The van der Waals surface area contributed by atoms with Crippen LogP contribution in [-0.2, 0) is 6.54 Å². The molecule has 0 atom stereocenters. The second kappa shape index (κ2) is 5.91. The Morgan fingerprint density at radius 1 is 1.07 bits per heavy atom. The van der Waals surface area contributed by atoms with Crippen molar-refractivity contribution in [2.45, 2.75) is 38.6 Å². The summed E-state index contributed by atoms with van der Waals surface area (Å²) >= 11 is 0. The number of likely N-dealkylation sites (tertiary alicyclic amines) is 1. The minimum Gasteiger partial charge on any atom is -0.337 e. The van der Waals surface area contributed by atoms with Crippen molar-refractivity contribution >= 4 is 0 Å². The van der Waals surface area contributed by atoms with Crippen LogP contribution in [0.3, 0.4) is 0 Å². The van der Waals surface area contributed by atoms with Crippen LogP contribution in [0.15, 0.2) is 12.5 Å². The van der Waals surface area contributed by atoms with Gasteiger partial charge in [0.05, 0.1) is 6.33 Å². The van der Waals surface area contributed by atoms with Crippen molar-refractivity contribution in [3.63, 3.8) is 0 Å². The van der Waals surface area contributed by atoms with Gasteiger partial charge in [-0.1, -0.05) is 6.42 Å². The van der Waals surface area contributed by atoms with Crippen molar-refractivity contribution in [2.75, 3.05) is 19.6 Å². The van der Waals surface area contributed by atoms with Crippen molar-refractivity contribution in [1.29, 1.82) is 0 Å². The van der Waals surface area contributed by atoms with E-state index in [4.69, 9.17) is 0 Å². The molecule has 15 heavy (non-hydrogen) atoms. The van der Waals surface area contributed by atoms with Gasteiger partial charge in [-0.3, -0.25) is 0 Å². The molecule has 2 heterocycles. The molecule has 2 rings (SSSR count). The largest absolute Gasteiger partial charge is 0.337 e. The highest BCUT2D eigenvalue weighted by Crippen LogP contribution is 2.09. The number of piperidine rings is 1. The van der Waals surface area contributed by atoms with Crippen LogP contribution in [0.1, 0.15) is 32.1 Å². The van der Waals surface area contributed by atoms with Crippen LogP contribution in [0.5, 0.6) is 0 Å². The SMILES string of the molecule is [c]1cn(CCCCN2CCCCC2)cn1. The lowest BCUT2D eigenvalue weighted by Gasteiger charge is -2.26. The second-order valence-electron chi connectivity index (χ2n) is 4.35. The third-order valence-electron chi connectivity index (χ3n) is 3.09. The van der Waals surface area contributed by atoms with Gasteiger partial charge >= 0.3 is 0 Å². The molecule has 0 bridgehead atoms. The Hall–Kier alpha value is -0.830. The van der Waals surface area contributed by atoms with Gasteiger partial charge in [0.2, 0.25) is 0 Å². The Bertz CT molecular complexity index is 250. The fraction of sp³-hybridized carbons (Fsp3) is 0.750. The molecule has 3 nitrogen and oxygen atoms in total. The highest BCUT2D eigenvalue weighted by Gasteiger charge is 2.08. The molecule has 0 unspecified atom stereocenters. The number of unbranched alkanes of at least 4 members (excludes halogenated alkanes) is 1. The predicted molar refractivity (Wildman–Crippen MR) is 60.6 cm³/mol. The molecular formula is C12H20N3. The van der Waals surface area contributed by atoms with Crippen molar-refractivity contribution in [1.82, 2.24) is 14.5 Å². The topological polar surface area (TPSA) is 21.1 Å². The average Bonchev–Trinajstić information content (AvgIpc) is 2.79. The molecule has 0 amide bonds. The van der Waals surface area contributed by atoms with Gasteiger partial charge in [-0.2, -0.15) is 0 Å². The molecule has 1 saturated heterocycles. The smallest absolute Gasteiger partial charge is 0.108 e. The zero-order chi connectivity index (χ0) is 10.3. The van der Waals surface area contributed by atoms with Crippen LogP contribution in [-0.4, -0.2) is 34.1 Å². The molecule has 1 aliphatic rings. The fourth-order valence-electron chi connectivity index (χ4n) is 2.18. The minimum atomic E-state index is 1.09. The van der Waals surface area contributed by atoms with Gasteiger partial charge in [0.25, 0.3) is 0 Å². The fourth-order valence-corrected chi connectivity index (χ4v) is 2.18. The molecule has 3 heteroatoms. The number of aryl methyl sites for hydroxylation is 1. The van der Waals surface area contributed by atoms with E-state index >= 15 is 0 Å². The average molecular weight is 206 g/mol. The molecule has 0 aromatic carbocycles. The summed E-state index contributed by atoms with van der Waals surface area (Å²) in [5.74, 6) is 0. The number of nitrogens with zero attached hydrogens (tertiary/aromatic N) is 3. The molecule has 0 spiro atoms. The third kappa shape index (κ3) is 3.67. The zero-order valence-electron chi connectivity index (χ0n) is 9.36. The van der Waals surface area contributed by atoms with E-state index in [0.29, 0.717) is 0 Å². The molecule has 1 aromatic heterocycles. The van der Waals surface area contributed by atoms with Gasteiger partial charge in [0.1, 0.15) is 6.20 Å². The summed E-state index contributed by atoms with van der Waals surface area (Å²) in [5.41, 5.74) is 0. The Morgan fingerprint density at radius 2 is 1.87 bits per heavy atom. The van der Waals surface area contributed by atoms with Gasteiger partial charge in [0, 0.05) is 12.7 Å². The maximum Gasteiger partial charge on any atom is 0.108 e. The molecule has 1 aliphatic heterocycles. The summed E-state index contributed by atoms with van der Waals surface area (Å²) in [6.07, 6.45) is 13.4. The van der Waals surface area contributed by atoms with Gasteiger partial charge < -0.3 is 9.47 Å². The van der Waals surface area contributed by atoms with Crippen LogP contribution < -0.4 is 0 Å². The lowest BCUT2D eigenvalue weighted by molar-refractivity contribution is 0.223. The van der Waals surface area contributed by atoms with Crippen molar-refractivity contribution < 1.29 is 0 Å². The van der Waals surface area contributed by atoms with E-state index in [1.807, 2.05) is 12.5 Å². The summed E-state index contributed by atoms with van der Waals surface area (Å²) in [4.78, 5) is 6.52. The first-order valence-electron chi connectivity index (χ1n) is 6.05. The summed E-state index contributed by atoms with van der Waals surface area (Å²) < 4.78 is 2.11. The van der Waals surface area contributed by atoms with E-state index in [1.165, 1.54) is 51.7 Å². The lowest BCUT2D eigenvalue weighted by Crippen LogP contribution is -2.30. The van der Waals surface area contributed by atoms with Crippen LogP contribution >= 0.6 is 0 Å². The summed E-state index contributed by atoms with van der Waals surface area (Å²) in [5, 5.41) is 0. The minimum absolute atomic E-state index is 1.09. The Balaban J connectivity index is 1.54. The molecular weight excluding hydrogens is 186 g/mol. The molecule has 1 radical (unpaired) electrons. The van der Waals surface area contributed by atoms with Crippen LogP contribution in [0, 0.1) is 6.20 Å². The van der Waals surface area contributed by atoms with Gasteiger partial charge in [-0.05, 0) is 45.3 Å². The molecule has 0 saturated carbocycles. The first kappa shape index (κ1) is 10.7. The van der Waals surface area contributed by atoms with Crippen LogP contribution in [0.25, 0.3) is 0 Å². The first-order chi connectivity index (χ1) is 7.45. The maximum atomic E-state index is 3.92. The number of hydrogen-bond acceptors (Lipinski definition) is 2. The van der Waals surface area contributed by atoms with Crippen LogP contribution in [0.4, 0.5) is 0 Å². The number of imidazole rings is 1. The Labute approximate surface area is 92.1 Å². The van der Waals surface area contributed by atoms with Crippen LogP contribution in [0.2, 0.25) is 0 Å². The molecule has 1 aromatic rings. The van der Waals surface area contributed by atoms with E-state index in [0.717, 1.165) is 6.54 Å². The predicted octanol–water partition coefficient (Wildman–Crippen LogP) is 1.95. The Kier molecular flexibility index (Phi) is 4.21. The van der Waals surface area contributed by atoms with E-state index in [-0.39, 0.29) is 0 Å². The quantitative estimate of drug-likeness (QED) is 0.687. The molecule has 83 valence electrons. The Morgan fingerprint density at radius 3 is 2.60 bits per heavy atom. The molecule has 0 aliphatic carbocycles. The number of hydrogen-bond donors (Lipinski definition) is 0. The summed E-state index contributed by atoms with van der Waals surface area (Å²) in [6.45, 7) is 5.00. The van der Waals surface area contributed by atoms with Crippen molar-refractivity contribution in [3.05, 3.63) is 18.7 Å². The second-order valence-corrected chi connectivity index (χ2v) is 4.35. The highest BCUT2D eigenvalue weighted by atomic mass is 15.1. The lowest BCUT2D eigenvalue weighted by atomic mass is 10.1. The first-order valence-corrected chi connectivity index (χ1v) is 6.05. The van der Waals surface area contributed by atoms with E-state index in [9.17, 15) is 0 Å². The van der Waals surface area contributed by atoms with Crippen molar-refractivity contribution in [2.24, 2.45) is 0 Å². The number of rotatable bonds is 5. The van der Waals surface area contributed by atoms with Crippen molar-refractivity contribution in [3.8, 4) is 0 Å². The third-order valence-corrected chi connectivity index (χ3v) is 3.09. The van der Waals surface area contributed by atoms with E-state index in [2.05, 4.69) is 20.6 Å². The zero-order valence-corrected chi connectivity index (χ0v) is 9.36. The van der Waals surface area contributed by atoms with Gasteiger partial charge in [-0.25, -0.2) is 4.98 Å². The van der Waals surface area contributed by atoms with Gasteiger partial charge in [-0.15, -0.1) is 0 Å². The standard InChI is InChI=1S/C12H20N3/c1-2-7-14(8-3-1)9-4-5-10-15-11-6-13-12-15/h11-12H,1-5,7-10H2. The molecule has 0 N–H and O–H groups in total.